The molecule has 2 heterocycles. The molecule has 0 aromatic heterocycles. The number of aliphatic hydroxyl groups is 1. The Bertz CT molecular complexity index is 1540. The van der Waals surface area contributed by atoms with Crippen molar-refractivity contribution in [1.29, 1.82) is 0 Å². The molecule has 4 aliphatic rings. The summed E-state index contributed by atoms with van der Waals surface area (Å²) in [5, 5.41) is 11.0. The van der Waals surface area contributed by atoms with Crippen LogP contribution in [0.3, 0.4) is 0 Å². The van der Waals surface area contributed by atoms with Gasteiger partial charge >= 0.3 is 0 Å². The molecule has 2 aliphatic heterocycles. The Kier molecular flexibility index (Phi) is 8.78. The highest BCUT2D eigenvalue weighted by Gasteiger charge is 2.44. The summed E-state index contributed by atoms with van der Waals surface area (Å²) in [5.41, 5.74) is 3.24. The van der Waals surface area contributed by atoms with E-state index < -0.39 is 33.4 Å². The van der Waals surface area contributed by atoms with Gasteiger partial charge in [-0.15, -0.1) is 0 Å². The van der Waals surface area contributed by atoms with Crippen molar-refractivity contribution in [3.05, 3.63) is 70.3 Å². The van der Waals surface area contributed by atoms with Gasteiger partial charge in [-0.25, -0.2) is 13.1 Å². The topological polar surface area (TPSA) is 105 Å². The number of sulfonamides is 1. The number of halogens is 1. The summed E-state index contributed by atoms with van der Waals surface area (Å²) in [7, 11) is -2.63. The molecule has 238 valence electrons. The predicted molar refractivity (Wildman–Crippen MR) is 172 cm³/mol. The maximum Gasteiger partial charge on any atom is 0.264 e. The molecular formula is C34H43ClN2O6S. The number of nitrogens with zero attached hydrogens (tertiary/aromatic N) is 1. The molecule has 44 heavy (non-hydrogen) atoms. The van der Waals surface area contributed by atoms with Crippen LogP contribution in [0.15, 0.2) is 48.6 Å². The van der Waals surface area contributed by atoms with Crippen LogP contribution < -0.4 is 14.4 Å². The summed E-state index contributed by atoms with van der Waals surface area (Å²) in [6.07, 6.45) is 7.43. The zero-order chi connectivity index (χ0) is 31.2. The van der Waals surface area contributed by atoms with Crippen molar-refractivity contribution in [3.63, 3.8) is 0 Å². The number of carbonyl (C=O) groups excluding carboxylic acids is 1. The molecule has 10 heteroatoms. The number of nitrogens with one attached hydrogen (secondary N) is 1. The van der Waals surface area contributed by atoms with Gasteiger partial charge in [0.05, 0.1) is 24.5 Å². The third-order valence-electron chi connectivity index (χ3n) is 10.3. The summed E-state index contributed by atoms with van der Waals surface area (Å²) in [4.78, 5) is 15.9. The van der Waals surface area contributed by atoms with E-state index in [4.69, 9.17) is 21.1 Å². The fourth-order valence-electron chi connectivity index (χ4n) is 7.91. The van der Waals surface area contributed by atoms with Crippen LogP contribution >= 0.6 is 11.6 Å². The molecule has 2 bridgehead atoms. The van der Waals surface area contributed by atoms with Gasteiger partial charge in [-0.1, -0.05) is 43.7 Å². The quantitative estimate of drug-likeness (QED) is 0.431. The summed E-state index contributed by atoms with van der Waals surface area (Å²) < 4.78 is 41.8. The zero-order valence-electron chi connectivity index (χ0n) is 25.7. The van der Waals surface area contributed by atoms with E-state index in [9.17, 15) is 18.3 Å². The molecule has 6 atom stereocenters. The van der Waals surface area contributed by atoms with Crippen molar-refractivity contribution in [1.82, 2.24) is 4.72 Å². The Morgan fingerprint density at radius 1 is 1.18 bits per heavy atom. The lowest BCUT2D eigenvalue weighted by Crippen LogP contribution is -2.49. The molecular weight excluding hydrogens is 600 g/mol. The zero-order valence-corrected chi connectivity index (χ0v) is 27.2. The number of aryl methyl sites for hydroxylation is 1. The summed E-state index contributed by atoms with van der Waals surface area (Å²) >= 11 is 6.40. The molecule has 2 aromatic carbocycles. The van der Waals surface area contributed by atoms with Gasteiger partial charge in [-0.05, 0) is 97.7 Å². The number of rotatable bonds is 2. The van der Waals surface area contributed by atoms with Crippen LogP contribution in [0.4, 0.5) is 5.69 Å². The van der Waals surface area contributed by atoms with E-state index in [0.29, 0.717) is 31.9 Å². The molecule has 1 fully saturated rings. The van der Waals surface area contributed by atoms with Crippen LogP contribution in [0.25, 0.3) is 0 Å². The lowest BCUT2D eigenvalue weighted by Gasteiger charge is -2.45. The van der Waals surface area contributed by atoms with Crippen LogP contribution in [0, 0.1) is 17.8 Å². The number of carbonyl (C=O) groups is 1. The van der Waals surface area contributed by atoms with Gasteiger partial charge in [0.25, 0.3) is 5.91 Å². The molecule has 2 N–H and O–H groups in total. The van der Waals surface area contributed by atoms with Crippen molar-refractivity contribution >= 4 is 33.2 Å². The fourth-order valence-corrected chi connectivity index (χ4v) is 9.96. The van der Waals surface area contributed by atoms with Crippen molar-refractivity contribution in [2.75, 3.05) is 31.7 Å². The van der Waals surface area contributed by atoms with E-state index in [1.54, 1.807) is 38.1 Å². The Labute approximate surface area is 265 Å². The Morgan fingerprint density at radius 2 is 2.00 bits per heavy atom. The smallest absolute Gasteiger partial charge is 0.264 e. The number of benzene rings is 2. The van der Waals surface area contributed by atoms with Crippen LogP contribution in [-0.2, 0) is 26.6 Å². The minimum Gasteiger partial charge on any atom is -0.490 e. The molecule has 1 amide bonds. The number of ether oxygens (including phenoxy) is 2. The lowest BCUT2D eigenvalue weighted by molar-refractivity contribution is 0.0450. The van der Waals surface area contributed by atoms with E-state index >= 15 is 0 Å². The number of aliphatic hydroxyl groups excluding tert-OH is 1. The minimum absolute atomic E-state index is 0.0808. The van der Waals surface area contributed by atoms with Crippen molar-refractivity contribution in [3.8, 4) is 5.75 Å². The van der Waals surface area contributed by atoms with E-state index in [2.05, 4.69) is 21.8 Å². The SMILES string of the molecule is CO[C@@H]1C/C=C\[C@H](O)[C@@H]2CC[C@H]2CN2C[C@@]3(CCCc4cc(Cl)ccc43)COc3ccc(cc32)C(=O)NS(=O)(=O)[C@@H]1C(C)C. The molecule has 8 nitrogen and oxygen atoms in total. The van der Waals surface area contributed by atoms with E-state index in [1.807, 2.05) is 12.1 Å². The van der Waals surface area contributed by atoms with E-state index in [0.717, 1.165) is 42.8 Å². The van der Waals surface area contributed by atoms with Gasteiger partial charge < -0.3 is 19.5 Å². The third kappa shape index (κ3) is 5.88. The number of hydrogen-bond donors (Lipinski definition) is 2. The minimum atomic E-state index is -4.11. The number of anilines is 1. The monoisotopic (exact) mass is 642 g/mol. The van der Waals surface area contributed by atoms with Crippen LogP contribution in [0.2, 0.25) is 5.02 Å². The molecule has 1 saturated carbocycles. The maximum absolute atomic E-state index is 13.6. The van der Waals surface area contributed by atoms with Gasteiger partial charge in [0, 0.05) is 36.2 Å². The predicted octanol–water partition coefficient (Wildman–Crippen LogP) is 5.26. The van der Waals surface area contributed by atoms with Crippen molar-refractivity contribution in [2.24, 2.45) is 17.8 Å². The number of fused-ring (bicyclic) bond motifs is 4. The Morgan fingerprint density at radius 3 is 2.73 bits per heavy atom. The summed E-state index contributed by atoms with van der Waals surface area (Å²) in [5.74, 6) is -0.00166. The molecule has 1 spiro atoms. The number of amides is 1. The maximum atomic E-state index is 13.6. The van der Waals surface area contributed by atoms with Crippen LogP contribution in [-0.4, -0.2) is 63.7 Å². The first-order chi connectivity index (χ1) is 21.0. The van der Waals surface area contributed by atoms with Gasteiger partial charge in [-0.2, -0.15) is 0 Å². The number of hydrogen-bond acceptors (Lipinski definition) is 7. The van der Waals surface area contributed by atoms with Gasteiger partial charge in [0.1, 0.15) is 11.0 Å². The molecule has 6 rings (SSSR count). The number of methoxy groups -OCH3 is 1. The van der Waals surface area contributed by atoms with E-state index in [-0.39, 0.29) is 28.7 Å². The molecule has 0 radical (unpaired) electrons. The fraction of sp³-hybridized carbons (Fsp3) is 0.559. The Balaban J connectivity index is 1.43. The molecule has 2 aromatic rings. The average molecular weight is 643 g/mol. The highest BCUT2D eigenvalue weighted by Crippen LogP contribution is 2.46. The van der Waals surface area contributed by atoms with E-state index in [1.165, 1.54) is 18.2 Å². The second-order valence-corrected chi connectivity index (χ2v) is 15.7. The summed E-state index contributed by atoms with van der Waals surface area (Å²) in [6.45, 7) is 5.47. The average Bonchev–Trinajstić information content (AvgIpc) is 3.10. The first-order valence-corrected chi connectivity index (χ1v) is 17.7. The summed E-state index contributed by atoms with van der Waals surface area (Å²) in [6, 6.07) is 11.3. The van der Waals surface area contributed by atoms with Gasteiger partial charge in [-0.3, -0.25) is 4.79 Å². The largest absolute Gasteiger partial charge is 0.490 e. The Hall–Kier alpha value is -2.59. The van der Waals surface area contributed by atoms with Crippen molar-refractivity contribution < 1.29 is 27.8 Å². The second kappa shape index (κ2) is 12.3. The normalized spacial score (nSPS) is 32.5. The third-order valence-corrected chi connectivity index (χ3v) is 12.6. The molecule has 0 saturated heterocycles. The van der Waals surface area contributed by atoms with Crippen molar-refractivity contribution in [2.45, 2.75) is 75.2 Å². The van der Waals surface area contributed by atoms with Gasteiger partial charge in [0.15, 0.2) is 0 Å². The highest BCUT2D eigenvalue weighted by atomic mass is 35.5. The standard InChI is InChI=1S/C34H43ClN2O6S/c1-21(2)32-31(42-3)8-4-7-29(38)26-12-9-24(26)18-37-19-34(15-5-6-22-16-25(35)11-13-27(22)34)20-43-30-14-10-23(17-28(30)37)33(39)36-44(32,40)41/h4,7,10-11,13-14,16-17,21,24,26,29,31-32,38H,5-6,8-9,12,15,18-20H2,1-3H3,(H,36,39)/b7-4-/t24-,26+,29-,31+,32+,34-/m0/s1. The molecule has 2 aliphatic carbocycles. The second-order valence-electron chi connectivity index (χ2n) is 13.4. The lowest BCUT2D eigenvalue weighted by atomic mass is 9.68. The van der Waals surface area contributed by atoms with Crippen LogP contribution in [0.5, 0.6) is 5.75 Å². The first kappa shape index (κ1) is 31.4. The molecule has 0 unspecified atom stereocenters. The van der Waals surface area contributed by atoms with Crippen LogP contribution in [0.1, 0.15) is 67.4 Å². The highest BCUT2D eigenvalue weighted by molar-refractivity contribution is 7.90. The first-order valence-electron chi connectivity index (χ1n) is 15.8. The van der Waals surface area contributed by atoms with Gasteiger partial charge in [0.2, 0.25) is 10.0 Å².